The van der Waals surface area contributed by atoms with E-state index in [4.69, 9.17) is 11.6 Å². The minimum absolute atomic E-state index is 0.0192. The van der Waals surface area contributed by atoms with Gasteiger partial charge in [0, 0.05) is 18.7 Å². The Morgan fingerprint density at radius 2 is 1.77 bits per heavy atom. The molecule has 0 unspecified atom stereocenters. The smallest absolute Gasteiger partial charge is 0.267 e. The fourth-order valence-corrected chi connectivity index (χ4v) is 3.67. The second-order valence-electron chi connectivity index (χ2n) is 5.68. The molecular weight excluding hydrogens is 378 g/mol. The van der Waals surface area contributed by atoms with E-state index in [9.17, 15) is 18.0 Å². The van der Waals surface area contributed by atoms with Gasteiger partial charge in [0.15, 0.2) is 0 Å². The number of hydrogen-bond acceptors (Lipinski definition) is 4. The number of rotatable bonds is 5. The maximum absolute atomic E-state index is 12.3. The molecule has 0 aliphatic carbocycles. The van der Waals surface area contributed by atoms with Gasteiger partial charge in [0.2, 0.25) is 5.91 Å². The van der Waals surface area contributed by atoms with E-state index in [1.54, 1.807) is 29.2 Å². The van der Waals surface area contributed by atoms with Crippen molar-refractivity contribution >= 4 is 39.1 Å². The van der Waals surface area contributed by atoms with Crippen LogP contribution in [0.3, 0.4) is 0 Å². The van der Waals surface area contributed by atoms with Crippen molar-refractivity contribution < 1.29 is 18.0 Å². The first-order chi connectivity index (χ1) is 12.4. The van der Waals surface area contributed by atoms with Crippen LogP contribution in [0.2, 0.25) is 5.02 Å². The molecular formula is C17H16ClN3O4S. The average Bonchev–Trinajstić information content (AvgIpc) is 3.06. The third-order valence-electron chi connectivity index (χ3n) is 3.95. The van der Waals surface area contributed by atoms with Crippen LogP contribution < -0.4 is 15.2 Å². The van der Waals surface area contributed by atoms with Gasteiger partial charge in [-0.05, 0) is 42.8 Å². The Morgan fingerprint density at radius 3 is 2.38 bits per heavy atom. The number of nitrogens with one attached hydrogen (secondary N) is 2. The summed E-state index contributed by atoms with van der Waals surface area (Å²) in [6, 6.07) is 12.2. The first-order valence-corrected chi connectivity index (χ1v) is 9.72. The number of nitrogens with zero attached hydrogens (tertiary/aromatic N) is 1. The molecule has 2 amide bonds. The molecule has 0 spiro atoms. The molecule has 136 valence electrons. The maximum atomic E-state index is 12.3. The van der Waals surface area contributed by atoms with Crippen molar-refractivity contribution in [3.63, 3.8) is 0 Å². The summed E-state index contributed by atoms with van der Waals surface area (Å²) in [5.41, 5.74) is 2.93. The molecule has 0 bridgehead atoms. The average molecular weight is 394 g/mol. The number of sulfonamides is 1. The second kappa shape index (κ2) is 7.45. The number of hydrazine groups is 1. The van der Waals surface area contributed by atoms with Crippen molar-refractivity contribution in [1.29, 1.82) is 0 Å². The molecule has 1 saturated heterocycles. The number of carbonyl (C=O) groups is 2. The lowest BCUT2D eigenvalue weighted by Crippen LogP contribution is -2.41. The highest BCUT2D eigenvalue weighted by Gasteiger charge is 2.22. The van der Waals surface area contributed by atoms with E-state index >= 15 is 0 Å². The van der Waals surface area contributed by atoms with Gasteiger partial charge in [-0.2, -0.15) is 0 Å². The predicted molar refractivity (Wildman–Crippen MR) is 97.3 cm³/mol. The van der Waals surface area contributed by atoms with Crippen LogP contribution in [-0.2, 0) is 14.8 Å². The Labute approximate surface area is 156 Å². The molecule has 26 heavy (non-hydrogen) atoms. The Hall–Kier alpha value is -2.42. The molecule has 0 atom stereocenters. The molecule has 2 aromatic rings. The number of anilines is 1. The van der Waals surface area contributed by atoms with Crippen molar-refractivity contribution in [3.05, 3.63) is 59.1 Å². The molecule has 0 radical (unpaired) electrons. The molecule has 0 aromatic heterocycles. The lowest BCUT2D eigenvalue weighted by molar-refractivity contribution is -0.117. The number of halogens is 1. The zero-order chi connectivity index (χ0) is 18.7. The normalized spacial score (nSPS) is 14.5. The van der Waals surface area contributed by atoms with Gasteiger partial charge in [-0.3, -0.25) is 15.0 Å². The standard InChI is InChI=1S/C17H16ClN3O4S/c18-15-5-2-1-4-14(15)17(23)19-20-26(24,25)13-9-7-12(8-10-13)21-11-3-6-16(21)22/h1-2,4-5,7-10,20H,3,6,11H2,(H,19,23). The van der Waals surface area contributed by atoms with Gasteiger partial charge in [-0.25, -0.2) is 8.42 Å². The Bertz CT molecular complexity index is 945. The Morgan fingerprint density at radius 1 is 1.08 bits per heavy atom. The van der Waals surface area contributed by atoms with E-state index in [0.29, 0.717) is 18.7 Å². The summed E-state index contributed by atoms with van der Waals surface area (Å²) in [6.45, 7) is 0.622. The minimum atomic E-state index is -3.96. The Kier molecular flexibility index (Phi) is 5.26. The lowest BCUT2D eigenvalue weighted by Gasteiger charge is -2.16. The van der Waals surface area contributed by atoms with Gasteiger partial charge < -0.3 is 4.90 Å². The second-order valence-corrected chi connectivity index (χ2v) is 7.77. The largest absolute Gasteiger partial charge is 0.312 e. The van der Waals surface area contributed by atoms with Gasteiger partial charge in [0.1, 0.15) is 0 Å². The van der Waals surface area contributed by atoms with Crippen molar-refractivity contribution in [3.8, 4) is 0 Å². The van der Waals surface area contributed by atoms with E-state index in [1.807, 2.05) is 4.83 Å². The van der Waals surface area contributed by atoms with Crippen LogP contribution in [0, 0.1) is 0 Å². The molecule has 7 nitrogen and oxygen atoms in total. The summed E-state index contributed by atoms with van der Waals surface area (Å²) < 4.78 is 24.6. The van der Waals surface area contributed by atoms with E-state index in [0.717, 1.165) is 6.42 Å². The lowest BCUT2D eigenvalue weighted by atomic mass is 10.2. The van der Waals surface area contributed by atoms with Crippen molar-refractivity contribution in [2.75, 3.05) is 11.4 Å². The molecule has 1 aliphatic rings. The van der Waals surface area contributed by atoms with Crippen molar-refractivity contribution in [1.82, 2.24) is 10.3 Å². The van der Waals surface area contributed by atoms with E-state index in [2.05, 4.69) is 5.43 Å². The van der Waals surface area contributed by atoms with Crippen LogP contribution in [0.15, 0.2) is 53.4 Å². The van der Waals surface area contributed by atoms with Crippen LogP contribution in [0.4, 0.5) is 5.69 Å². The highest BCUT2D eigenvalue weighted by atomic mass is 35.5. The van der Waals surface area contributed by atoms with Crippen molar-refractivity contribution in [2.45, 2.75) is 17.7 Å². The first kappa shape index (κ1) is 18.4. The van der Waals surface area contributed by atoms with Gasteiger partial charge in [-0.15, -0.1) is 4.83 Å². The summed E-state index contributed by atoms with van der Waals surface area (Å²) in [5, 5.41) is 0.212. The van der Waals surface area contributed by atoms with Crippen LogP contribution in [-0.4, -0.2) is 26.8 Å². The monoisotopic (exact) mass is 393 g/mol. The van der Waals surface area contributed by atoms with Gasteiger partial charge >= 0.3 is 0 Å². The number of hydrogen-bond donors (Lipinski definition) is 2. The van der Waals surface area contributed by atoms with Crippen LogP contribution >= 0.6 is 11.6 Å². The summed E-state index contributed by atoms with van der Waals surface area (Å²) >= 11 is 5.91. The summed E-state index contributed by atoms with van der Waals surface area (Å²) in [5.74, 6) is -0.649. The number of carbonyl (C=O) groups excluding carboxylic acids is 2. The van der Waals surface area contributed by atoms with E-state index in [1.165, 1.54) is 24.3 Å². The molecule has 3 rings (SSSR count). The Balaban J connectivity index is 1.69. The highest BCUT2D eigenvalue weighted by Crippen LogP contribution is 2.22. The van der Waals surface area contributed by atoms with Crippen LogP contribution in [0.5, 0.6) is 0 Å². The van der Waals surface area contributed by atoms with Crippen molar-refractivity contribution in [2.24, 2.45) is 0 Å². The molecule has 2 N–H and O–H groups in total. The third kappa shape index (κ3) is 3.87. The van der Waals surface area contributed by atoms with Gasteiger partial charge in [0.05, 0.1) is 15.5 Å². The minimum Gasteiger partial charge on any atom is -0.312 e. The van der Waals surface area contributed by atoms with E-state index in [-0.39, 0.29) is 21.4 Å². The molecule has 1 aliphatic heterocycles. The highest BCUT2D eigenvalue weighted by molar-refractivity contribution is 7.89. The zero-order valence-corrected chi connectivity index (χ0v) is 15.2. The maximum Gasteiger partial charge on any atom is 0.267 e. The summed E-state index contributed by atoms with van der Waals surface area (Å²) in [4.78, 5) is 27.4. The van der Waals surface area contributed by atoms with Gasteiger partial charge in [-0.1, -0.05) is 23.7 Å². The third-order valence-corrected chi connectivity index (χ3v) is 5.54. The number of benzene rings is 2. The van der Waals surface area contributed by atoms with Crippen LogP contribution in [0.1, 0.15) is 23.2 Å². The summed E-state index contributed by atoms with van der Waals surface area (Å²) in [7, 11) is -3.96. The SMILES string of the molecule is O=C(NNS(=O)(=O)c1ccc(N2CCCC2=O)cc1)c1ccccc1Cl. The molecule has 0 saturated carbocycles. The zero-order valence-electron chi connectivity index (χ0n) is 13.6. The first-order valence-electron chi connectivity index (χ1n) is 7.85. The van der Waals surface area contributed by atoms with Crippen LogP contribution in [0.25, 0.3) is 0 Å². The molecule has 1 fully saturated rings. The van der Waals surface area contributed by atoms with E-state index < -0.39 is 15.9 Å². The molecule has 1 heterocycles. The molecule has 2 aromatic carbocycles. The van der Waals surface area contributed by atoms with Gasteiger partial charge in [0.25, 0.3) is 15.9 Å². The molecule has 9 heteroatoms. The number of amides is 2. The fourth-order valence-electron chi connectivity index (χ4n) is 2.61. The summed E-state index contributed by atoms with van der Waals surface area (Å²) in [6.07, 6.45) is 1.28. The predicted octanol–water partition coefficient (Wildman–Crippen LogP) is 2.09. The topological polar surface area (TPSA) is 95.6 Å². The fraction of sp³-hybridized carbons (Fsp3) is 0.176. The quantitative estimate of drug-likeness (QED) is 0.760.